The number of primary amides is 1. The van der Waals surface area contributed by atoms with Crippen LogP contribution in [0.3, 0.4) is 0 Å². The number of hydrogen-bond donors (Lipinski definition) is 7. The lowest BCUT2D eigenvalue weighted by Gasteiger charge is -2.18. The Kier molecular flexibility index (Phi) is 13.4. The highest BCUT2D eigenvalue weighted by atomic mass is 16.5. The fourth-order valence-corrected chi connectivity index (χ4v) is 5.17. The van der Waals surface area contributed by atoms with Gasteiger partial charge in [-0.2, -0.15) is 10.2 Å². The monoisotopic (exact) mass is 771 g/mol. The molecule has 16 nitrogen and oxygen atoms in total. The lowest BCUT2D eigenvalue weighted by molar-refractivity contribution is -0.123. The van der Waals surface area contributed by atoms with E-state index in [0.29, 0.717) is 17.8 Å². The summed E-state index contributed by atoms with van der Waals surface area (Å²) in [4.78, 5) is 75.4. The number of aromatic carboxylic acids is 1. The second-order valence-electron chi connectivity index (χ2n) is 12.3. The largest absolute Gasteiger partial charge is 0.504 e. The molecular formula is C41H37N7O9. The third-order valence-electron chi connectivity index (χ3n) is 8.07. The highest BCUT2D eigenvalue weighted by molar-refractivity contribution is 6.10. The van der Waals surface area contributed by atoms with Gasteiger partial charge >= 0.3 is 5.97 Å². The Morgan fingerprint density at radius 3 is 1.82 bits per heavy atom. The molecule has 5 rings (SSSR count). The Morgan fingerprint density at radius 2 is 1.23 bits per heavy atom. The van der Waals surface area contributed by atoms with Gasteiger partial charge in [0.2, 0.25) is 11.8 Å². The molecule has 0 aliphatic carbocycles. The normalized spacial score (nSPS) is 11.2. The predicted molar refractivity (Wildman–Crippen MR) is 210 cm³/mol. The van der Waals surface area contributed by atoms with Crippen LogP contribution in [0.25, 0.3) is 0 Å². The number of phenols is 1. The van der Waals surface area contributed by atoms with Crippen LogP contribution < -0.4 is 31.7 Å². The molecule has 0 spiro atoms. The molecule has 0 heterocycles. The Bertz CT molecular complexity index is 2300. The van der Waals surface area contributed by atoms with E-state index in [2.05, 4.69) is 31.5 Å². The number of benzene rings is 5. The molecule has 5 aromatic carbocycles. The summed E-state index contributed by atoms with van der Waals surface area (Å²) < 4.78 is 5.71. The van der Waals surface area contributed by atoms with Crippen molar-refractivity contribution in [1.29, 1.82) is 0 Å². The number of nitrogens with two attached hydrogens (primary N) is 1. The van der Waals surface area contributed by atoms with Gasteiger partial charge in [-0.25, -0.2) is 4.79 Å². The number of anilines is 3. The molecule has 0 fully saturated rings. The standard InChI is InChI=1S/C41H37N7O9/c1-2-22-57-36-32(21-20-31(35(36)50)39(53)43-27-16-12-26(13-17-27)41(55)56)45-37(51)24-8-14-28(15-9-24)44-40(54)33(23-34(42)49)46-38(52)25-10-18-30(19-11-25)48-47-29-6-4-3-5-7-29/h3-21,33,50H,2,22-23H2,1H3,(H2,42,49)(H,43,53)(H,44,54)(H,45,51)(H,46,52)(H,55,56)/b48-47+/t33-/m0/s1. The molecule has 0 aromatic heterocycles. The summed E-state index contributed by atoms with van der Waals surface area (Å²) in [6.07, 6.45) is 0.0590. The van der Waals surface area contributed by atoms with Crippen molar-refractivity contribution in [3.63, 3.8) is 0 Å². The lowest BCUT2D eigenvalue weighted by atomic mass is 10.1. The van der Waals surface area contributed by atoms with Gasteiger partial charge in [-0.05, 0) is 103 Å². The summed E-state index contributed by atoms with van der Waals surface area (Å²) in [5, 5.41) is 38.8. The predicted octanol–water partition coefficient (Wildman–Crippen LogP) is 6.41. The highest BCUT2D eigenvalue weighted by Gasteiger charge is 2.25. The highest BCUT2D eigenvalue weighted by Crippen LogP contribution is 2.38. The number of nitrogens with one attached hydrogen (secondary N) is 4. The van der Waals surface area contributed by atoms with E-state index >= 15 is 0 Å². The molecule has 5 amide bonds. The van der Waals surface area contributed by atoms with E-state index < -0.39 is 53.7 Å². The zero-order valence-corrected chi connectivity index (χ0v) is 30.4. The fourth-order valence-electron chi connectivity index (χ4n) is 5.17. The number of hydrogen-bond acceptors (Lipinski definition) is 10. The van der Waals surface area contributed by atoms with E-state index in [0.717, 1.165) is 0 Å². The maximum atomic E-state index is 13.3. The number of azo groups is 1. The maximum absolute atomic E-state index is 13.3. The number of aromatic hydroxyl groups is 1. The molecule has 0 aliphatic rings. The van der Waals surface area contributed by atoms with Crippen LogP contribution in [-0.2, 0) is 9.59 Å². The first-order chi connectivity index (χ1) is 27.4. The van der Waals surface area contributed by atoms with E-state index in [1.165, 1.54) is 72.8 Å². The van der Waals surface area contributed by atoms with Gasteiger partial charge in [0, 0.05) is 22.5 Å². The second kappa shape index (κ2) is 18.9. The van der Waals surface area contributed by atoms with Gasteiger partial charge in [-0.1, -0.05) is 25.1 Å². The van der Waals surface area contributed by atoms with E-state index in [4.69, 9.17) is 15.6 Å². The molecule has 16 heteroatoms. The van der Waals surface area contributed by atoms with Crippen molar-refractivity contribution in [2.75, 3.05) is 22.6 Å². The molecule has 0 radical (unpaired) electrons. The van der Waals surface area contributed by atoms with Crippen molar-refractivity contribution < 1.29 is 43.7 Å². The number of carboxylic acid groups (broad SMARTS) is 1. The Labute approximate surface area is 325 Å². The first-order valence-electron chi connectivity index (χ1n) is 17.4. The molecule has 5 aromatic rings. The van der Waals surface area contributed by atoms with Crippen LogP contribution in [-0.4, -0.2) is 58.4 Å². The molecule has 8 N–H and O–H groups in total. The first kappa shape index (κ1) is 40.3. The number of amides is 5. The van der Waals surface area contributed by atoms with Gasteiger partial charge < -0.3 is 42.0 Å². The zero-order valence-electron chi connectivity index (χ0n) is 30.4. The third kappa shape index (κ3) is 11.1. The maximum Gasteiger partial charge on any atom is 0.335 e. The van der Waals surface area contributed by atoms with Gasteiger partial charge in [0.15, 0.2) is 11.5 Å². The van der Waals surface area contributed by atoms with Crippen molar-refractivity contribution in [3.8, 4) is 11.5 Å². The number of carbonyl (C=O) groups is 6. The van der Waals surface area contributed by atoms with Crippen LogP contribution in [0.2, 0.25) is 0 Å². The van der Waals surface area contributed by atoms with Crippen LogP contribution in [0.4, 0.5) is 28.4 Å². The summed E-state index contributed by atoms with van der Waals surface area (Å²) in [5.41, 5.74) is 7.34. The number of phenolic OH excluding ortho intramolecular Hbond substituents is 1. The van der Waals surface area contributed by atoms with Crippen LogP contribution in [0.15, 0.2) is 125 Å². The van der Waals surface area contributed by atoms with Crippen molar-refractivity contribution in [3.05, 3.63) is 138 Å². The number of carboxylic acids is 1. The van der Waals surface area contributed by atoms with Gasteiger partial charge in [-0.15, -0.1) is 0 Å². The van der Waals surface area contributed by atoms with Gasteiger partial charge in [0.1, 0.15) is 6.04 Å². The van der Waals surface area contributed by atoms with Gasteiger partial charge in [0.05, 0.1) is 41.2 Å². The lowest BCUT2D eigenvalue weighted by Crippen LogP contribution is -2.46. The van der Waals surface area contributed by atoms with Crippen LogP contribution >= 0.6 is 0 Å². The fraction of sp³-hybridized carbons (Fsp3) is 0.122. The molecular weight excluding hydrogens is 734 g/mol. The Hall–Kier alpha value is -7.88. The third-order valence-corrected chi connectivity index (χ3v) is 8.07. The van der Waals surface area contributed by atoms with E-state index in [1.54, 1.807) is 24.3 Å². The topological polar surface area (TPSA) is 251 Å². The Morgan fingerprint density at radius 1 is 0.667 bits per heavy atom. The van der Waals surface area contributed by atoms with Crippen molar-refractivity contribution in [1.82, 2.24) is 5.32 Å². The van der Waals surface area contributed by atoms with E-state index in [9.17, 15) is 33.9 Å². The van der Waals surface area contributed by atoms with Crippen molar-refractivity contribution in [2.24, 2.45) is 16.0 Å². The molecule has 0 saturated carbocycles. The van der Waals surface area contributed by atoms with Gasteiger partial charge in [0.25, 0.3) is 17.7 Å². The summed E-state index contributed by atoms with van der Waals surface area (Å²) in [6, 6.07) is 27.7. The smallest absolute Gasteiger partial charge is 0.335 e. The van der Waals surface area contributed by atoms with Crippen LogP contribution in [0.5, 0.6) is 11.5 Å². The molecule has 57 heavy (non-hydrogen) atoms. The minimum atomic E-state index is -1.33. The second-order valence-corrected chi connectivity index (χ2v) is 12.3. The molecule has 0 unspecified atom stereocenters. The summed E-state index contributed by atoms with van der Waals surface area (Å²) in [5.74, 6) is -5.31. The SMILES string of the molecule is CCCOc1c(NC(=O)c2ccc(NC(=O)[C@H](CC(N)=O)NC(=O)c3ccc(/N=N/c4ccccc4)cc3)cc2)ccc(C(=O)Nc2ccc(C(=O)O)cc2)c1O. The van der Waals surface area contributed by atoms with E-state index in [1.807, 2.05) is 25.1 Å². The van der Waals surface area contributed by atoms with Crippen LogP contribution in [0.1, 0.15) is 61.2 Å². The number of rotatable bonds is 16. The molecule has 0 saturated heterocycles. The van der Waals surface area contributed by atoms with Crippen molar-refractivity contribution in [2.45, 2.75) is 25.8 Å². The molecule has 290 valence electrons. The molecule has 0 bridgehead atoms. The average molecular weight is 772 g/mol. The molecule has 1 atom stereocenters. The average Bonchev–Trinajstić information content (AvgIpc) is 3.20. The van der Waals surface area contributed by atoms with E-state index in [-0.39, 0.29) is 51.7 Å². The molecule has 0 aliphatic heterocycles. The van der Waals surface area contributed by atoms with Crippen molar-refractivity contribution >= 4 is 63.9 Å². The summed E-state index contributed by atoms with van der Waals surface area (Å²) >= 11 is 0. The number of ether oxygens (including phenoxy) is 1. The summed E-state index contributed by atoms with van der Waals surface area (Å²) in [6.45, 7) is 1.98. The quantitative estimate of drug-likeness (QED) is 0.0547. The Balaban J connectivity index is 1.22. The minimum absolute atomic E-state index is 0.0309. The first-order valence-corrected chi connectivity index (χ1v) is 17.4. The summed E-state index contributed by atoms with van der Waals surface area (Å²) in [7, 11) is 0. The van der Waals surface area contributed by atoms with Crippen LogP contribution in [0, 0.1) is 0 Å². The minimum Gasteiger partial charge on any atom is -0.504 e. The zero-order chi connectivity index (χ0) is 40.9. The van der Waals surface area contributed by atoms with Gasteiger partial charge in [-0.3, -0.25) is 24.0 Å². The number of nitrogens with zero attached hydrogens (tertiary/aromatic N) is 2. The number of carbonyl (C=O) groups excluding carboxylic acids is 5.